The molecule has 0 saturated heterocycles. The van der Waals surface area contributed by atoms with E-state index in [1.165, 1.54) is 5.56 Å². The van der Waals surface area contributed by atoms with Crippen molar-refractivity contribution < 1.29 is 4.74 Å². The van der Waals surface area contributed by atoms with E-state index < -0.39 is 0 Å². The number of pyridine rings is 1. The van der Waals surface area contributed by atoms with E-state index in [9.17, 15) is 5.26 Å². The van der Waals surface area contributed by atoms with Gasteiger partial charge in [0.05, 0.1) is 43.8 Å². The van der Waals surface area contributed by atoms with Gasteiger partial charge in [-0.1, -0.05) is 47.5 Å². The van der Waals surface area contributed by atoms with Crippen molar-refractivity contribution in [2.75, 3.05) is 26.0 Å². The first-order chi connectivity index (χ1) is 15.9. The molecule has 168 valence electrons. The summed E-state index contributed by atoms with van der Waals surface area (Å²) in [6, 6.07) is 16.2. The number of aromatic nitrogens is 1. The number of hydrogen-bond donors (Lipinski definition) is 1. The van der Waals surface area contributed by atoms with Gasteiger partial charge >= 0.3 is 0 Å². The van der Waals surface area contributed by atoms with Crippen LogP contribution in [-0.4, -0.2) is 30.6 Å². The van der Waals surface area contributed by atoms with Crippen LogP contribution in [0.15, 0.2) is 48.7 Å². The van der Waals surface area contributed by atoms with Crippen molar-refractivity contribution >= 4 is 56.1 Å². The molecule has 0 bridgehead atoms. The minimum absolute atomic E-state index is 0.432. The van der Waals surface area contributed by atoms with Crippen LogP contribution in [-0.2, 0) is 6.54 Å². The lowest BCUT2D eigenvalue weighted by molar-refractivity contribution is 0.340. The summed E-state index contributed by atoms with van der Waals surface area (Å²) in [5, 5.41) is 13.9. The fraction of sp³-hybridized carbons (Fsp3) is 0.200. The summed E-state index contributed by atoms with van der Waals surface area (Å²) in [4.78, 5) is 7.71. The van der Waals surface area contributed by atoms with Gasteiger partial charge in [-0.2, -0.15) is 5.26 Å². The van der Waals surface area contributed by atoms with E-state index >= 15 is 0 Å². The molecule has 0 spiro atoms. The van der Waals surface area contributed by atoms with Gasteiger partial charge in [-0.15, -0.1) is 11.3 Å². The maximum Gasteiger partial charge on any atom is 0.140 e. The zero-order valence-electron chi connectivity index (χ0n) is 18.4. The van der Waals surface area contributed by atoms with Crippen LogP contribution in [0.1, 0.15) is 18.1 Å². The van der Waals surface area contributed by atoms with E-state index in [4.69, 9.17) is 27.9 Å². The molecule has 33 heavy (non-hydrogen) atoms. The molecule has 0 saturated carbocycles. The monoisotopic (exact) mass is 496 g/mol. The molecule has 0 aliphatic heterocycles. The normalized spacial score (nSPS) is 11.1. The highest BCUT2D eigenvalue weighted by atomic mass is 35.5. The SMILES string of the molecule is CCOc1cc(Nc2c(C#N)cnc3cc(-c4ccc(CN(C)C)cc4)sc23)c(Cl)cc1Cl. The van der Waals surface area contributed by atoms with Gasteiger partial charge in [0.2, 0.25) is 0 Å². The highest BCUT2D eigenvalue weighted by molar-refractivity contribution is 7.22. The number of nitriles is 1. The second kappa shape index (κ2) is 9.98. The molecule has 4 rings (SSSR count). The summed E-state index contributed by atoms with van der Waals surface area (Å²) < 4.78 is 6.48. The van der Waals surface area contributed by atoms with Gasteiger partial charge in [-0.3, -0.25) is 4.98 Å². The Morgan fingerprint density at radius 1 is 1.12 bits per heavy atom. The first kappa shape index (κ1) is 23.3. The van der Waals surface area contributed by atoms with Gasteiger partial charge in [0, 0.05) is 23.7 Å². The highest BCUT2D eigenvalue weighted by Gasteiger charge is 2.16. The van der Waals surface area contributed by atoms with Crippen LogP contribution in [0.3, 0.4) is 0 Å². The van der Waals surface area contributed by atoms with E-state index in [1.54, 1.807) is 29.7 Å². The standard InChI is InChI=1S/C25H22Cl2N4OS/c1-4-32-22-10-20(18(26)9-19(22)27)30-24-17(12-28)13-29-21-11-23(33-25(21)24)16-7-5-15(6-8-16)14-31(2)3/h5-11,13H,4,14H2,1-3H3,(H,29,30). The molecule has 1 N–H and O–H groups in total. The number of rotatable bonds is 7. The Hall–Kier alpha value is -2.82. The first-order valence-electron chi connectivity index (χ1n) is 10.3. The van der Waals surface area contributed by atoms with Crippen LogP contribution in [0.5, 0.6) is 5.75 Å². The number of halogens is 2. The fourth-order valence-corrected chi connectivity index (χ4v) is 5.10. The van der Waals surface area contributed by atoms with Crippen molar-refractivity contribution in [3.8, 4) is 22.3 Å². The third-order valence-electron chi connectivity index (χ3n) is 4.98. The van der Waals surface area contributed by atoms with Crippen LogP contribution in [0.4, 0.5) is 11.4 Å². The number of nitrogens with one attached hydrogen (secondary N) is 1. The molecular weight excluding hydrogens is 475 g/mol. The van der Waals surface area contributed by atoms with Gasteiger partial charge in [0.1, 0.15) is 11.8 Å². The summed E-state index contributed by atoms with van der Waals surface area (Å²) in [6.45, 7) is 3.25. The lowest BCUT2D eigenvalue weighted by Crippen LogP contribution is -2.10. The molecule has 0 amide bonds. The van der Waals surface area contributed by atoms with E-state index in [0.717, 1.165) is 27.2 Å². The van der Waals surface area contributed by atoms with Crippen LogP contribution in [0.25, 0.3) is 20.7 Å². The summed E-state index contributed by atoms with van der Waals surface area (Å²) >= 11 is 14.3. The predicted molar refractivity (Wildman–Crippen MR) is 138 cm³/mol. The molecule has 0 aliphatic carbocycles. The smallest absolute Gasteiger partial charge is 0.140 e. The largest absolute Gasteiger partial charge is 0.492 e. The number of anilines is 2. The molecule has 4 aromatic rings. The van der Waals surface area contributed by atoms with Crippen LogP contribution in [0, 0.1) is 11.3 Å². The van der Waals surface area contributed by atoms with Gasteiger partial charge in [0.25, 0.3) is 0 Å². The van der Waals surface area contributed by atoms with Gasteiger partial charge in [0.15, 0.2) is 0 Å². The fourth-order valence-electron chi connectivity index (χ4n) is 3.49. The van der Waals surface area contributed by atoms with Gasteiger partial charge in [-0.05, 0) is 44.3 Å². The Morgan fingerprint density at radius 3 is 2.55 bits per heavy atom. The molecule has 0 fully saturated rings. The summed E-state index contributed by atoms with van der Waals surface area (Å²) in [5.41, 5.74) is 4.86. The average molecular weight is 497 g/mol. The topological polar surface area (TPSA) is 61.2 Å². The van der Waals surface area contributed by atoms with Crippen molar-refractivity contribution in [1.82, 2.24) is 9.88 Å². The number of benzene rings is 2. The number of hydrogen-bond acceptors (Lipinski definition) is 6. The molecule has 8 heteroatoms. The second-order valence-electron chi connectivity index (χ2n) is 7.74. The maximum atomic E-state index is 9.73. The van der Waals surface area contributed by atoms with E-state index in [2.05, 4.69) is 59.6 Å². The maximum absolute atomic E-state index is 9.73. The van der Waals surface area contributed by atoms with E-state index in [0.29, 0.717) is 39.3 Å². The predicted octanol–water partition coefficient (Wildman–Crippen LogP) is 7.35. The average Bonchev–Trinajstić information content (AvgIpc) is 3.22. The van der Waals surface area contributed by atoms with Crippen molar-refractivity contribution in [1.29, 1.82) is 5.26 Å². The Morgan fingerprint density at radius 2 is 1.88 bits per heavy atom. The van der Waals surface area contributed by atoms with Gasteiger partial charge in [-0.25, -0.2) is 0 Å². The van der Waals surface area contributed by atoms with E-state index in [1.807, 2.05) is 13.0 Å². The number of nitrogens with zero attached hydrogens (tertiary/aromatic N) is 3. The molecule has 0 radical (unpaired) electrons. The molecule has 0 atom stereocenters. The quantitative estimate of drug-likeness (QED) is 0.289. The Labute approximate surface area is 207 Å². The zero-order valence-corrected chi connectivity index (χ0v) is 20.8. The summed E-state index contributed by atoms with van der Waals surface area (Å²) in [6.07, 6.45) is 1.58. The molecule has 2 aromatic carbocycles. The van der Waals surface area contributed by atoms with Crippen molar-refractivity contribution in [3.63, 3.8) is 0 Å². The third-order valence-corrected chi connectivity index (χ3v) is 6.78. The van der Waals surface area contributed by atoms with Crippen molar-refractivity contribution in [2.24, 2.45) is 0 Å². The van der Waals surface area contributed by atoms with Crippen molar-refractivity contribution in [2.45, 2.75) is 13.5 Å². The number of thiophene rings is 1. The molecule has 0 aliphatic rings. The van der Waals surface area contributed by atoms with Crippen LogP contribution < -0.4 is 10.1 Å². The number of ether oxygens (including phenoxy) is 1. The molecule has 2 aromatic heterocycles. The summed E-state index contributed by atoms with van der Waals surface area (Å²) in [5.74, 6) is 0.527. The molecule has 5 nitrogen and oxygen atoms in total. The van der Waals surface area contributed by atoms with Crippen LogP contribution >= 0.6 is 34.5 Å². The molecule has 2 heterocycles. The minimum atomic E-state index is 0.432. The minimum Gasteiger partial charge on any atom is -0.492 e. The lowest BCUT2D eigenvalue weighted by Gasteiger charge is -2.14. The zero-order chi connectivity index (χ0) is 23.5. The molecule has 0 unspecified atom stereocenters. The summed E-state index contributed by atoms with van der Waals surface area (Å²) in [7, 11) is 4.11. The number of fused-ring (bicyclic) bond motifs is 1. The molecular formula is C25H22Cl2N4OS. The Kier molecular flexibility index (Phi) is 7.06. The first-order valence-corrected chi connectivity index (χ1v) is 11.9. The third kappa shape index (κ3) is 5.07. The Bertz CT molecular complexity index is 1340. The van der Waals surface area contributed by atoms with Gasteiger partial charge < -0.3 is 15.0 Å². The van der Waals surface area contributed by atoms with Crippen molar-refractivity contribution in [3.05, 3.63) is 69.8 Å². The second-order valence-corrected chi connectivity index (χ2v) is 9.61. The lowest BCUT2D eigenvalue weighted by atomic mass is 10.1. The van der Waals surface area contributed by atoms with Crippen LogP contribution in [0.2, 0.25) is 10.0 Å². The Balaban J connectivity index is 1.75. The highest BCUT2D eigenvalue weighted by Crippen LogP contribution is 2.42. The van der Waals surface area contributed by atoms with E-state index in [-0.39, 0.29) is 0 Å².